The quantitative estimate of drug-likeness (QED) is 0.786. The number of nitrogens with one attached hydrogen (secondary N) is 1. The van der Waals surface area contributed by atoms with Gasteiger partial charge in [0.25, 0.3) is 0 Å². The smallest absolute Gasteiger partial charge is 0.378 e. The summed E-state index contributed by atoms with van der Waals surface area (Å²) < 4.78 is 37.0. The topological polar surface area (TPSA) is 12.0 Å². The van der Waals surface area contributed by atoms with Gasteiger partial charge in [-0.3, -0.25) is 0 Å². The van der Waals surface area contributed by atoms with Crippen LogP contribution in [0.4, 0.5) is 18.9 Å². The summed E-state index contributed by atoms with van der Waals surface area (Å²) in [6, 6.07) is 3.14. The first-order valence-electron chi connectivity index (χ1n) is 4.60. The molecule has 0 bridgehead atoms. The highest BCUT2D eigenvalue weighted by Gasteiger charge is 2.30. The van der Waals surface area contributed by atoms with Crippen LogP contribution >= 0.6 is 11.6 Å². The second-order valence-electron chi connectivity index (χ2n) is 3.36. The van der Waals surface area contributed by atoms with Crippen molar-refractivity contribution in [2.24, 2.45) is 0 Å². The van der Waals surface area contributed by atoms with Crippen molar-refractivity contribution < 1.29 is 13.2 Å². The largest absolute Gasteiger partial charge is 0.416 e. The standard InChI is InChI=1S/C11H11ClF3N/c1-3-7(2)16-10-5-4-8(6-9(10)12)11(13,14)15/h3-7,16H,1H2,2H3. The molecule has 16 heavy (non-hydrogen) atoms. The maximum absolute atomic E-state index is 12.3. The molecule has 0 saturated carbocycles. The zero-order valence-corrected chi connectivity index (χ0v) is 9.36. The van der Waals surface area contributed by atoms with Crippen molar-refractivity contribution in [1.82, 2.24) is 0 Å². The van der Waals surface area contributed by atoms with Crippen molar-refractivity contribution in [3.05, 3.63) is 41.4 Å². The van der Waals surface area contributed by atoms with E-state index in [1.54, 1.807) is 6.08 Å². The molecular weight excluding hydrogens is 239 g/mol. The molecule has 0 saturated heterocycles. The molecule has 1 rings (SSSR count). The first-order valence-corrected chi connectivity index (χ1v) is 4.98. The third kappa shape index (κ3) is 3.17. The Labute approximate surface area is 96.9 Å². The molecule has 0 aliphatic rings. The van der Waals surface area contributed by atoms with E-state index in [4.69, 9.17) is 11.6 Å². The molecule has 1 unspecified atom stereocenters. The molecule has 5 heteroatoms. The van der Waals surface area contributed by atoms with Gasteiger partial charge in [0.05, 0.1) is 16.3 Å². The summed E-state index contributed by atoms with van der Waals surface area (Å²) >= 11 is 5.74. The lowest BCUT2D eigenvalue weighted by Gasteiger charge is -2.14. The van der Waals surface area contributed by atoms with Crippen LogP contribution in [0.2, 0.25) is 5.02 Å². The number of halogens is 4. The van der Waals surface area contributed by atoms with Gasteiger partial charge in [0.1, 0.15) is 0 Å². The van der Waals surface area contributed by atoms with Gasteiger partial charge in [0.15, 0.2) is 0 Å². The third-order valence-electron chi connectivity index (χ3n) is 2.03. The first-order chi connectivity index (χ1) is 7.34. The van der Waals surface area contributed by atoms with Gasteiger partial charge in [-0.15, -0.1) is 6.58 Å². The molecular formula is C11H11ClF3N. The first kappa shape index (κ1) is 12.9. The molecule has 0 aliphatic heterocycles. The highest BCUT2D eigenvalue weighted by molar-refractivity contribution is 6.33. The normalized spacial score (nSPS) is 13.3. The second kappa shape index (κ2) is 4.78. The van der Waals surface area contributed by atoms with Gasteiger partial charge in [0.2, 0.25) is 0 Å². The average molecular weight is 250 g/mol. The lowest BCUT2D eigenvalue weighted by molar-refractivity contribution is -0.137. The molecule has 0 aliphatic carbocycles. The van der Waals surface area contributed by atoms with E-state index in [0.717, 1.165) is 12.1 Å². The van der Waals surface area contributed by atoms with E-state index >= 15 is 0 Å². The van der Waals surface area contributed by atoms with Gasteiger partial charge in [0, 0.05) is 6.04 Å². The molecule has 1 aromatic carbocycles. The summed E-state index contributed by atoms with van der Waals surface area (Å²) in [6.07, 6.45) is -2.74. The van der Waals surface area contributed by atoms with Gasteiger partial charge >= 0.3 is 6.18 Å². The van der Waals surface area contributed by atoms with Crippen molar-refractivity contribution in [3.63, 3.8) is 0 Å². The van der Waals surface area contributed by atoms with Crippen LogP contribution in [0, 0.1) is 0 Å². The fraction of sp³-hybridized carbons (Fsp3) is 0.273. The number of anilines is 1. The Bertz CT molecular complexity index is 387. The molecule has 88 valence electrons. The van der Waals surface area contributed by atoms with Gasteiger partial charge in [-0.1, -0.05) is 17.7 Å². The Morgan fingerprint density at radius 3 is 2.50 bits per heavy atom. The summed E-state index contributed by atoms with van der Waals surface area (Å²) in [5.41, 5.74) is -0.295. The highest BCUT2D eigenvalue weighted by atomic mass is 35.5. The van der Waals surface area contributed by atoms with Crippen molar-refractivity contribution in [2.45, 2.75) is 19.1 Å². The summed E-state index contributed by atoms with van der Waals surface area (Å²) in [4.78, 5) is 0. The minimum absolute atomic E-state index is 0.0449. The van der Waals surface area contributed by atoms with Crippen LogP contribution < -0.4 is 5.32 Å². The zero-order chi connectivity index (χ0) is 12.3. The Morgan fingerprint density at radius 2 is 2.06 bits per heavy atom. The molecule has 1 atom stereocenters. The summed E-state index contributed by atoms with van der Waals surface area (Å²) in [7, 11) is 0. The predicted octanol–water partition coefficient (Wildman–Crippen LogP) is 4.35. The van der Waals surface area contributed by atoms with Crippen LogP contribution in [0.1, 0.15) is 12.5 Å². The maximum Gasteiger partial charge on any atom is 0.416 e. The number of alkyl halides is 3. The van der Waals surface area contributed by atoms with Crippen LogP contribution in [0.3, 0.4) is 0 Å². The summed E-state index contributed by atoms with van der Waals surface area (Å²) in [6.45, 7) is 5.38. The van der Waals surface area contributed by atoms with Crippen LogP contribution in [-0.4, -0.2) is 6.04 Å². The van der Waals surface area contributed by atoms with Crippen LogP contribution in [0.25, 0.3) is 0 Å². The lowest BCUT2D eigenvalue weighted by Crippen LogP contribution is -2.12. The molecule has 0 aromatic heterocycles. The Morgan fingerprint density at radius 1 is 1.44 bits per heavy atom. The lowest BCUT2D eigenvalue weighted by atomic mass is 10.2. The van der Waals surface area contributed by atoms with Crippen LogP contribution in [0.5, 0.6) is 0 Å². The molecule has 1 N–H and O–H groups in total. The van der Waals surface area contributed by atoms with Gasteiger partial charge in [-0.2, -0.15) is 13.2 Å². The number of rotatable bonds is 3. The van der Waals surface area contributed by atoms with Crippen molar-refractivity contribution in [1.29, 1.82) is 0 Å². The summed E-state index contributed by atoms with van der Waals surface area (Å²) in [5, 5.41) is 2.97. The molecule has 0 heterocycles. The van der Waals surface area contributed by atoms with Crippen LogP contribution in [-0.2, 0) is 6.18 Å². The summed E-state index contributed by atoms with van der Waals surface area (Å²) in [5.74, 6) is 0. The minimum atomic E-state index is -4.37. The minimum Gasteiger partial charge on any atom is -0.378 e. The molecule has 0 spiro atoms. The monoisotopic (exact) mass is 249 g/mol. The fourth-order valence-corrected chi connectivity index (χ4v) is 1.35. The van der Waals surface area contributed by atoms with E-state index in [-0.39, 0.29) is 11.1 Å². The third-order valence-corrected chi connectivity index (χ3v) is 2.35. The molecule has 0 amide bonds. The van der Waals surface area contributed by atoms with E-state index in [9.17, 15) is 13.2 Å². The highest BCUT2D eigenvalue weighted by Crippen LogP contribution is 2.33. The molecule has 0 radical (unpaired) electrons. The van der Waals surface area contributed by atoms with E-state index in [2.05, 4.69) is 11.9 Å². The van der Waals surface area contributed by atoms with E-state index in [1.807, 2.05) is 6.92 Å². The van der Waals surface area contributed by atoms with Gasteiger partial charge in [-0.25, -0.2) is 0 Å². The van der Waals surface area contributed by atoms with Crippen molar-refractivity contribution in [2.75, 3.05) is 5.32 Å². The molecule has 0 fully saturated rings. The maximum atomic E-state index is 12.3. The Hall–Kier alpha value is -1.16. The number of hydrogen-bond donors (Lipinski definition) is 1. The number of benzene rings is 1. The molecule has 1 aromatic rings. The van der Waals surface area contributed by atoms with E-state index in [0.29, 0.717) is 5.69 Å². The Kier molecular flexibility index (Phi) is 3.86. The predicted molar refractivity (Wildman–Crippen MR) is 59.7 cm³/mol. The van der Waals surface area contributed by atoms with Crippen molar-refractivity contribution in [3.8, 4) is 0 Å². The molecule has 1 nitrogen and oxygen atoms in total. The van der Waals surface area contributed by atoms with Gasteiger partial charge < -0.3 is 5.32 Å². The van der Waals surface area contributed by atoms with E-state index in [1.165, 1.54) is 6.07 Å². The van der Waals surface area contributed by atoms with Gasteiger partial charge in [-0.05, 0) is 25.1 Å². The van der Waals surface area contributed by atoms with Crippen molar-refractivity contribution >= 4 is 17.3 Å². The fourth-order valence-electron chi connectivity index (χ4n) is 1.11. The second-order valence-corrected chi connectivity index (χ2v) is 3.77. The van der Waals surface area contributed by atoms with Crippen LogP contribution in [0.15, 0.2) is 30.9 Å². The van der Waals surface area contributed by atoms with E-state index < -0.39 is 11.7 Å². The zero-order valence-electron chi connectivity index (χ0n) is 8.61. The average Bonchev–Trinajstić information content (AvgIpc) is 2.19. The SMILES string of the molecule is C=CC(C)Nc1ccc(C(F)(F)F)cc1Cl. The number of hydrogen-bond acceptors (Lipinski definition) is 1. The Balaban J connectivity index is 2.96.